The molecule has 1 aromatic rings. The van der Waals surface area contributed by atoms with Crippen molar-refractivity contribution < 1.29 is 14.3 Å². The first-order valence-corrected chi connectivity index (χ1v) is 11.6. The second-order valence-electron chi connectivity index (χ2n) is 9.93. The number of carbonyl (C=O) groups excluding carboxylic acids is 2. The van der Waals surface area contributed by atoms with Gasteiger partial charge in [0.25, 0.3) is 5.91 Å². The van der Waals surface area contributed by atoms with E-state index in [0.717, 1.165) is 37.1 Å². The van der Waals surface area contributed by atoms with Crippen LogP contribution < -0.4 is 4.74 Å². The molecule has 0 unspecified atom stereocenters. The lowest BCUT2D eigenvalue weighted by molar-refractivity contribution is -0.137. The number of ether oxygens (including phenoxy) is 1. The molecule has 0 radical (unpaired) electrons. The predicted octanol–water partition coefficient (Wildman–Crippen LogP) is 4.31. The Labute approximate surface area is 181 Å². The Bertz CT molecular complexity index is 747. The third-order valence-corrected chi connectivity index (χ3v) is 6.41. The summed E-state index contributed by atoms with van der Waals surface area (Å²) >= 11 is 0. The molecule has 5 heteroatoms. The molecule has 1 aromatic carbocycles. The molecule has 1 saturated heterocycles. The van der Waals surface area contributed by atoms with Crippen LogP contribution in [0.2, 0.25) is 0 Å². The van der Waals surface area contributed by atoms with Crippen molar-refractivity contribution in [3.63, 3.8) is 0 Å². The molecule has 3 rings (SSSR count). The summed E-state index contributed by atoms with van der Waals surface area (Å²) in [7, 11) is 0. The van der Waals surface area contributed by atoms with Crippen molar-refractivity contribution >= 4 is 11.8 Å². The van der Waals surface area contributed by atoms with Gasteiger partial charge in [0.2, 0.25) is 5.91 Å². The van der Waals surface area contributed by atoms with Gasteiger partial charge in [-0.25, -0.2) is 0 Å². The number of nitrogens with zero attached hydrogens (tertiary/aromatic N) is 2. The molecule has 30 heavy (non-hydrogen) atoms. The second kappa shape index (κ2) is 9.84. The molecular weight excluding hydrogens is 376 g/mol. The van der Waals surface area contributed by atoms with Crippen LogP contribution in [0.15, 0.2) is 18.2 Å². The first-order chi connectivity index (χ1) is 14.3. The SMILES string of the molecule is Cc1ccc(OCC(=O)N2CCCN(C(=O)C3CCCCC3)CC2)c(C(C)(C)C)c1. The smallest absolute Gasteiger partial charge is 0.260 e. The topological polar surface area (TPSA) is 49.9 Å². The highest BCUT2D eigenvalue weighted by atomic mass is 16.5. The molecule has 0 N–H and O–H groups in total. The van der Waals surface area contributed by atoms with Gasteiger partial charge in [-0.2, -0.15) is 0 Å². The molecule has 2 fully saturated rings. The van der Waals surface area contributed by atoms with E-state index >= 15 is 0 Å². The maximum absolute atomic E-state index is 12.8. The van der Waals surface area contributed by atoms with Gasteiger partial charge in [0.1, 0.15) is 5.75 Å². The van der Waals surface area contributed by atoms with E-state index in [1.807, 2.05) is 21.9 Å². The van der Waals surface area contributed by atoms with Crippen LogP contribution in [0.5, 0.6) is 5.75 Å². The minimum atomic E-state index is -0.0486. The maximum atomic E-state index is 12.8. The molecule has 1 saturated carbocycles. The van der Waals surface area contributed by atoms with Gasteiger partial charge in [0.15, 0.2) is 6.61 Å². The Balaban J connectivity index is 1.55. The van der Waals surface area contributed by atoms with Crippen LogP contribution >= 0.6 is 0 Å². The van der Waals surface area contributed by atoms with E-state index < -0.39 is 0 Å². The molecule has 0 aromatic heterocycles. The quantitative estimate of drug-likeness (QED) is 0.738. The summed E-state index contributed by atoms with van der Waals surface area (Å²) < 4.78 is 5.97. The average molecular weight is 415 g/mol. The summed E-state index contributed by atoms with van der Waals surface area (Å²) in [5, 5.41) is 0. The minimum Gasteiger partial charge on any atom is -0.483 e. The van der Waals surface area contributed by atoms with E-state index in [1.54, 1.807) is 0 Å². The highest BCUT2D eigenvalue weighted by Gasteiger charge is 2.28. The molecular formula is C25H38N2O3. The summed E-state index contributed by atoms with van der Waals surface area (Å²) in [6, 6.07) is 6.13. The predicted molar refractivity (Wildman–Crippen MR) is 120 cm³/mol. The van der Waals surface area contributed by atoms with Crippen molar-refractivity contribution in [3.05, 3.63) is 29.3 Å². The van der Waals surface area contributed by atoms with Crippen molar-refractivity contribution in [2.45, 2.75) is 71.6 Å². The Kier molecular flexibility index (Phi) is 7.43. The molecule has 2 aliphatic rings. The van der Waals surface area contributed by atoms with E-state index in [1.165, 1.54) is 24.8 Å². The van der Waals surface area contributed by atoms with Crippen molar-refractivity contribution in [3.8, 4) is 5.75 Å². The fourth-order valence-electron chi connectivity index (χ4n) is 4.58. The molecule has 0 atom stereocenters. The van der Waals surface area contributed by atoms with Crippen LogP contribution in [0.25, 0.3) is 0 Å². The number of aryl methyl sites for hydroxylation is 1. The fourth-order valence-corrected chi connectivity index (χ4v) is 4.58. The molecule has 1 aliphatic carbocycles. The monoisotopic (exact) mass is 414 g/mol. The lowest BCUT2D eigenvalue weighted by Crippen LogP contribution is -2.41. The number of hydrogen-bond acceptors (Lipinski definition) is 3. The number of rotatable bonds is 4. The van der Waals surface area contributed by atoms with Crippen LogP contribution in [0.4, 0.5) is 0 Å². The standard InChI is InChI=1S/C25H38N2O3/c1-19-11-12-22(21(17-19)25(2,3)4)30-18-23(28)26-13-8-14-27(16-15-26)24(29)20-9-6-5-7-10-20/h11-12,17,20H,5-10,13-16,18H2,1-4H3. The Morgan fingerprint density at radius 3 is 2.33 bits per heavy atom. The van der Waals surface area contributed by atoms with E-state index in [4.69, 9.17) is 4.74 Å². The highest BCUT2D eigenvalue weighted by molar-refractivity contribution is 5.80. The molecule has 2 amide bonds. The Hall–Kier alpha value is -2.04. The first kappa shape index (κ1) is 22.6. The van der Waals surface area contributed by atoms with Gasteiger partial charge in [-0.05, 0) is 43.2 Å². The molecule has 1 heterocycles. The highest BCUT2D eigenvalue weighted by Crippen LogP contribution is 2.32. The molecule has 166 valence electrons. The fraction of sp³-hybridized carbons (Fsp3) is 0.680. The third-order valence-electron chi connectivity index (χ3n) is 6.41. The van der Waals surface area contributed by atoms with Gasteiger partial charge in [-0.1, -0.05) is 57.7 Å². The van der Waals surface area contributed by atoms with Crippen molar-refractivity contribution in [2.75, 3.05) is 32.8 Å². The maximum Gasteiger partial charge on any atom is 0.260 e. The van der Waals surface area contributed by atoms with Crippen LogP contribution in [-0.4, -0.2) is 54.4 Å². The second-order valence-corrected chi connectivity index (χ2v) is 9.93. The number of carbonyl (C=O) groups is 2. The van der Waals surface area contributed by atoms with Gasteiger partial charge >= 0.3 is 0 Å². The van der Waals surface area contributed by atoms with Crippen LogP contribution in [0, 0.1) is 12.8 Å². The molecule has 0 spiro atoms. The zero-order valence-electron chi connectivity index (χ0n) is 19.2. The van der Waals surface area contributed by atoms with E-state index in [2.05, 4.69) is 33.8 Å². The number of hydrogen-bond donors (Lipinski definition) is 0. The lowest BCUT2D eigenvalue weighted by atomic mass is 9.85. The van der Waals surface area contributed by atoms with Crippen LogP contribution in [0.3, 0.4) is 0 Å². The molecule has 5 nitrogen and oxygen atoms in total. The van der Waals surface area contributed by atoms with E-state index in [-0.39, 0.29) is 23.8 Å². The summed E-state index contributed by atoms with van der Waals surface area (Å²) in [6.07, 6.45) is 6.48. The van der Waals surface area contributed by atoms with E-state index in [0.29, 0.717) is 25.5 Å². The van der Waals surface area contributed by atoms with Crippen molar-refractivity contribution in [1.29, 1.82) is 0 Å². The summed E-state index contributed by atoms with van der Waals surface area (Å²) in [4.78, 5) is 29.5. The van der Waals surface area contributed by atoms with Gasteiger partial charge in [-0.15, -0.1) is 0 Å². The van der Waals surface area contributed by atoms with Gasteiger partial charge < -0.3 is 14.5 Å². The van der Waals surface area contributed by atoms with Gasteiger partial charge in [-0.3, -0.25) is 9.59 Å². The number of amides is 2. The van der Waals surface area contributed by atoms with Gasteiger partial charge in [0, 0.05) is 32.1 Å². The summed E-state index contributed by atoms with van der Waals surface area (Å²) in [5.41, 5.74) is 2.26. The third kappa shape index (κ3) is 5.77. The van der Waals surface area contributed by atoms with Crippen LogP contribution in [0.1, 0.15) is 70.4 Å². The van der Waals surface area contributed by atoms with Crippen LogP contribution in [-0.2, 0) is 15.0 Å². The van der Waals surface area contributed by atoms with Crippen molar-refractivity contribution in [1.82, 2.24) is 9.80 Å². The lowest BCUT2D eigenvalue weighted by Gasteiger charge is -2.28. The minimum absolute atomic E-state index is 0.00222. The average Bonchev–Trinajstić information content (AvgIpc) is 2.98. The zero-order valence-corrected chi connectivity index (χ0v) is 19.2. The molecule has 1 aliphatic heterocycles. The Morgan fingerprint density at radius 1 is 0.967 bits per heavy atom. The number of benzene rings is 1. The van der Waals surface area contributed by atoms with Gasteiger partial charge in [0.05, 0.1) is 0 Å². The zero-order chi connectivity index (χ0) is 21.7. The largest absolute Gasteiger partial charge is 0.483 e. The molecule has 0 bridgehead atoms. The normalized spacial score (nSPS) is 18.8. The van der Waals surface area contributed by atoms with E-state index in [9.17, 15) is 9.59 Å². The van der Waals surface area contributed by atoms with Crippen molar-refractivity contribution in [2.24, 2.45) is 5.92 Å². The summed E-state index contributed by atoms with van der Waals surface area (Å²) in [5.74, 6) is 1.28. The Morgan fingerprint density at radius 2 is 1.63 bits per heavy atom. The first-order valence-electron chi connectivity index (χ1n) is 11.6. The summed E-state index contributed by atoms with van der Waals surface area (Å²) in [6.45, 7) is 11.3.